The van der Waals surface area contributed by atoms with Crippen molar-refractivity contribution in [3.05, 3.63) is 41.4 Å². The van der Waals surface area contributed by atoms with E-state index in [0.29, 0.717) is 18.9 Å². The number of hydrogen-bond donors (Lipinski definition) is 0. The highest BCUT2D eigenvalue weighted by atomic mass is 19.4. The van der Waals surface area contributed by atoms with Crippen LogP contribution in [-0.2, 0) is 19.0 Å². The summed E-state index contributed by atoms with van der Waals surface area (Å²) >= 11 is 0. The van der Waals surface area contributed by atoms with Gasteiger partial charge in [-0.1, -0.05) is 0 Å². The molecule has 7 nitrogen and oxygen atoms in total. The van der Waals surface area contributed by atoms with Gasteiger partial charge in [-0.15, -0.1) is 0 Å². The Morgan fingerprint density at radius 1 is 0.931 bits per heavy atom. The molecule has 29 heavy (non-hydrogen) atoms. The summed E-state index contributed by atoms with van der Waals surface area (Å²) in [6.07, 6.45) is 2.63. The summed E-state index contributed by atoms with van der Waals surface area (Å²) in [5.74, 6) is 2.27. The third-order valence-electron chi connectivity index (χ3n) is 5.55. The SMILES string of the molecule is Cc1nc2c(c(N3CCN(c4nccn5cc(C(F)(F)F)nc45)CC3)n1)CCC2. The minimum absolute atomic E-state index is 0.229. The average Bonchev–Trinajstić information content (AvgIpc) is 3.33. The van der Waals surface area contributed by atoms with E-state index in [1.54, 1.807) is 0 Å². The number of imidazole rings is 1. The van der Waals surface area contributed by atoms with E-state index in [1.807, 2.05) is 11.8 Å². The van der Waals surface area contributed by atoms with Crippen LogP contribution in [0, 0.1) is 6.92 Å². The molecule has 1 saturated heterocycles. The Hall–Kier alpha value is -2.91. The molecular formula is C19H20F3N7. The molecule has 0 radical (unpaired) electrons. The van der Waals surface area contributed by atoms with Gasteiger partial charge in [-0.3, -0.25) is 0 Å². The van der Waals surface area contributed by atoms with Crippen LogP contribution in [0.4, 0.5) is 24.8 Å². The normalized spacial score (nSPS) is 17.2. The predicted molar refractivity (Wildman–Crippen MR) is 101 cm³/mol. The van der Waals surface area contributed by atoms with Crippen LogP contribution >= 0.6 is 0 Å². The summed E-state index contributed by atoms with van der Waals surface area (Å²) in [4.78, 5) is 21.6. The van der Waals surface area contributed by atoms with Crippen molar-refractivity contribution >= 4 is 17.3 Å². The molecule has 5 rings (SSSR count). The highest BCUT2D eigenvalue weighted by molar-refractivity contribution is 5.65. The molecule has 4 heterocycles. The number of anilines is 2. The number of fused-ring (bicyclic) bond motifs is 2. The van der Waals surface area contributed by atoms with Crippen LogP contribution in [0.5, 0.6) is 0 Å². The number of nitrogens with zero attached hydrogens (tertiary/aromatic N) is 7. The van der Waals surface area contributed by atoms with Crippen molar-refractivity contribution in [3.63, 3.8) is 0 Å². The molecule has 2 aliphatic rings. The quantitative estimate of drug-likeness (QED) is 0.656. The van der Waals surface area contributed by atoms with E-state index in [1.165, 1.54) is 22.4 Å². The molecule has 1 fully saturated rings. The van der Waals surface area contributed by atoms with E-state index in [9.17, 15) is 13.2 Å². The molecule has 0 N–H and O–H groups in total. The zero-order valence-electron chi connectivity index (χ0n) is 15.9. The van der Waals surface area contributed by atoms with Crippen LogP contribution in [0.15, 0.2) is 18.6 Å². The molecule has 0 unspecified atom stereocenters. The smallest absolute Gasteiger partial charge is 0.353 e. The second-order valence-electron chi connectivity index (χ2n) is 7.45. The summed E-state index contributed by atoms with van der Waals surface area (Å²) in [6, 6.07) is 0. The third kappa shape index (κ3) is 3.16. The Morgan fingerprint density at radius 2 is 1.66 bits per heavy atom. The van der Waals surface area contributed by atoms with Gasteiger partial charge in [0.2, 0.25) is 0 Å². The lowest BCUT2D eigenvalue weighted by atomic mass is 10.2. The van der Waals surface area contributed by atoms with Gasteiger partial charge < -0.3 is 14.2 Å². The fourth-order valence-electron chi connectivity index (χ4n) is 4.19. The van der Waals surface area contributed by atoms with Crippen molar-refractivity contribution in [1.29, 1.82) is 0 Å². The van der Waals surface area contributed by atoms with Crippen LogP contribution in [0.1, 0.15) is 29.2 Å². The summed E-state index contributed by atoms with van der Waals surface area (Å²) in [6.45, 7) is 4.63. The van der Waals surface area contributed by atoms with E-state index in [2.05, 4.69) is 24.8 Å². The molecule has 3 aromatic rings. The van der Waals surface area contributed by atoms with E-state index in [-0.39, 0.29) is 5.65 Å². The summed E-state index contributed by atoms with van der Waals surface area (Å²) in [5, 5.41) is 0. The number of aromatic nitrogens is 5. The first-order valence-electron chi connectivity index (χ1n) is 9.67. The van der Waals surface area contributed by atoms with Gasteiger partial charge >= 0.3 is 6.18 Å². The standard InChI is InChI=1S/C19H20F3N7/c1-12-24-14-4-2-3-13(14)16(25-12)27-7-9-28(10-8-27)17-18-26-15(19(20,21)22)11-29(18)6-5-23-17/h5-6,11H,2-4,7-10H2,1H3. The zero-order valence-corrected chi connectivity index (χ0v) is 15.9. The molecule has 0 spiro atoms. The minimum Gasteiger partial charge on any atom is -0.353 e. The van der Waals surface area contributed by atoms with Crippen molar-refractivity contribution in [3.8, 4) is 0 Å². The van der Waals surface area contributed by atoms with Gasteiger partial charge in [-0.05, 0) is 26.2 Å². The molecule has 1 aliphatic carbocycles. The first kappa shape index (κ1) is 18.1. The first-order valence-corrected chi connectivity index (χ1v) is 9.67. The first-order chi connectivity index (χ1) is 13.9. The van der Waals surface area contributed by atoms with Gasteiger partial charge in [0.1, 0.15) is 11.6 Å². The van der Waals surface area contributed by atoms with Crippen LogP contribution < -0.4 is 9.80 Å². The molecule has 152 valence electrons. The number of halogens is 3. The molecule has 0 atom stereocenters. The molecular weight excluding hydrogens is 383 g/mol. The fraction of sp³-hybridized carbons (Fsp3) is 0.474. The van der Waals surface area contributed by atoms with Gasteiger partial charge in [0.25, 0.3) is 0 Å². The van der Waals surface area contributed by atoms with Gasteiger partial charge in [-0.25, -0.2) is 19.9 Å². The van der Waals surface area contributed by atoms with E-state index in [4.69, 9.17) is 0 Å². The summed E-state index contributed by atoms with van der Waals surface area (Å²) in [7, 11) is 0. The van der Waals surface area contributed by atoms with Gasteiger partial charge in [-0.2, -0.15) is 13.2 Å². The summed E-state index contributed by atoms with van der Waals surface area (Å²) in [5.41, 5.74) is 1.72. The van der Waals surface area contributed by atoms with Crippen molar-refractivity contribution in [2.24, 2.45) is 0 Å². The van der Waals surface area contributed by atoms with Crippen molar-refractivity contribution in [2.45, 2.75) is 32.4 Å². The molecule has 0 amide bonds. The third-order valence-corrected chi connectivity index (χ3v) is 5.55. The van der Waals surface area contributed by atoms with Crippen LogP contribution in [-0.4, -0.2) is 50.5 Å². The highest BCUT2D eigenvalue weighted by Gasteiger charge is 2.35. The average molecular weight is 403 g/mol. The van der Waals surface area contributed by atoms with Crippen LogP contribution in [0.25, 0.3) is 5.65 Å². The Kier molecular flexibility index (Phi) is 4.11. The largest absolute Gasteiger partial charge is 0.434 e. The molecule has 1 aliphatic heterocycles. The second-order valence-corrected chi connectivity index (χ2v) is 7.45. The maximum absolute atomic E-state index is 13.1. The zero-order chi connectivity index (χ0) is 20.2. The van der Waals surface area contributed by atoms with Crippen molar-refractivity contribution in [2.75, 3.05) is 36.0 Å². The van der Waals surface area contributed by atoms with E-state index in [0.717, 1.165) is 55.9 Å². The maximum atomic E-state index is 13.1. The number of aryl methyl sites for hydroxylation is 2. The van der Waals surface area contributed by atoms with Crippen molar-refractivity contribution < 1.29 is 13.2 Å². The Balaban J connectivity index is 1.40. The molecule has 10 heteroatoms. The molecule has 0 bridgehead atoms. The number of alkyl halides is 3. The lowest BCUT2D eigenvalue weighted by molar-refractivity contribution is -0.140. The maximum Gasteiger partial charge on any atom is 0.434 e. The lowest BCUT2D eigenvalue weighted by Gasteiger charge is -2.36. The van der Waals surface area contributed by atoms with Gasteiger partial charge in [0, 0.05) is 56.0 Å². The number of piperazine rings is 1. The van der Waals surface area contributed by atoms with Gasteiger partial charge in [0.15, 0.2) is 17.2 Å². The molecule has 0 saturated carbocycles. The summed E-state index contributed by atoms with van der Waals surface area (Å²) < 4.78 is 40.5. The lowest BCUT2D eigenvalue weighted by Crippen LogP contribution is -2.47. The van der Waals surface area contributed by atoms with Crippen LogP contribution in [0.2, 0.25) is 0 Å². The van der Waals surface area contributed by atoms with E-state index < -0.39 is 11.9 Å². The second kappa shape index (κ2) is 6.57. The fourth-order valence-corrected chi connectivity index (χ4v) is 4.19. The molecule has 0 aromatic carbocycles. The topological polar surface area (TPSA) is 62.5 Å². The number of hydrogen-bond acceptors (Lipinski definition) is 6. The van der Waals surface area contributed by atoms with Gasteiger partial charge in [0.05, 0.1) is 0 Å². The van der Waals surface area contributed by atoms with Crippen LogP contribution in [0.3, 0.4) is 0 Å². The Bertz CT molecular complexity index is 1070. The number of rotatable bonds is 2. The Labute approximate surface area is 165 Å². The van der Waals surface area contributed by atoms with E-state index >= 15 is 0 Å². The predicted octanol–water partition coefficient (Wildman–Crippen LogP) is 2.66. The minimum atomic E-state index is -4.48. The van der Waals surface area contributed by atoms with Crippen molar-refractivity contribution in [1.82, 2.24) is 24.3 Å². The Morgan fingerprint density at radius 3 is 2.38 bits per heavy atom. The monoisotopic (exact) mass is 403 g/mol. The highest BCUT2D eigenvalue weighted by Crippen LogP contribution is 2.32. The molecule has 3 aromatic heterocycles.